The van der Waals surface area contributed by atoms with E-state index in [1.807, 2.05) is 30.3 Å². The van der Waals surface area contributed by atoms with E-state index in [1.165, 1.54) is 33.3 Å². The maximum Gasteiger partial charge on any atom is 0.338 e. The molecule has 0 aliphatic heterocycles. The summed E-state index contributed by atoms with van der Waals surface area (Å²) in [4.78, 5) is 36.1. The van der Waals surface area contributed by atoms with E-state index in [2.05, 4.69) is 0 Å². The molecule has 2 rings (SSSR count). The zero-order valence-electron chi connectivity index (χ0n) is 14.2. The third-order valence-electron chi connectivity index (χ3n) is 3.52. The highest BCUT2D eigenvalue weighted by Gasteiger charge is 2.25. The lowest BCUT2D eigenvalue weighted by Gasteiger charge is -2.14. The lowest BCUT2D eigenvalue weighted by atomic mass is 9.97. The van der Waals surface area contributed by atoms with E-state index in [-0.39, 0.29) is 29.0 Å². The fourth-order valence-corrected chi connectivity index (χ4v) is 2.36. The normalized spacial score (nSPS) is 10.0. The Balaban J connectivity index is 2.48. The Hall–Kier alpha value is -3.15. The maximum absolute atomic E-state index is 12.0. The van der Waals surface area contributed by atoms with E-state index in [1.54, 1.807) is 0 Å². The molecule has 6 heteroatoms. The Morgan fingerprint density at radius 3 is 1.84 bits per heavy atom. The molecule has 0 N–H and O–H groups in total. The summed E-state index contributed by atoms with van der Waals surface area (Å²) in [5.41, 5.74) is 0.782. The molecule has 0 aliphatic carbocycles. The zero-order valence-corrected chi connectivity index (χ0v) is 14.2. The molecule has 0 spiro atoms. The summed E-state index contributed by atoms with van der Waals surface area (Å²) in [6.45, 7) is 1.50. The van der Waals surface area contributed by atoms with Crippen LogP contribution in [0.1, 0.15) is 43.6 Å². The molecule has 0 aromatic heterocycles. The number of rotatable bonds is 6. The lowest BCUT2D eigenvalue weighted by molar-refractivity contribution is 0.0591. The predicted molar refractivity (Wildman–Crippen MR) is 89.9 cm³/mol. The molecule has 0 saturated heterocycles. The van der Waals surface area contributed by atoms with Gasteiger partial charge in [0.2, 0.25) is 0 Å². The van der Waals surface area contributed by atoms with Crippen molar-refractivity contribution in [3.05, 3.63) is 64.7 Å². The molecule has 0 atom stereocenters. The molecule has 0 radical (unpaired) electrons. The van der Waals surface area contributed by atoms with Crippen LogP contribution < -0.4 is 4.74 Å². The van der Waals surface area contributed by atoms with Gasteiger partial charge >= 0.3 is 11.9 Å². The molecule has 2 aromatic rings. The van der Waals surface area contributed by atoms with Crippen LogP contribution in [-0.4, -0.2) is 31.9 Å². The summed E-state index contributed by atoms with van der Waals surface area (Å²) in [5, 5.41) is 0. The number of hydrogen-bond donors (Lipinski definition) is 0. The molecule has 0 heterocycles. The minimum Gasteiger partial charge on any atom is -0.489 e. The zero-order chi connectivity index (χ0) is 18.4. The van der Waals surface area contributed by atoms with Crippen LogP contribution in [0.15, 0.2) is 42.5 Å². The molecule has 0 aliphatic rings. The van der Waals surface area contributed by atoms with Crippen molar-refractivity contribution < 1.29 is 28.6 Å². The van der Waals surface area contributed by atoms with Gasteiger partial charge in [-0.3, -0.25) is 4.79 Å². The Kier molecular flexibility index (Phi) is 5.89. The van der Waals surface area contributed by atoms with E-state index in [9.17, 15) is 14.4 Å². The van der Waals surface area contributed by atoms with Crippen LogP contribution in [0.5, 0.6) is 5.75 Å². The van der Waals surface area contributed by atoms with Crippen molar-refractivity contribution in [1.82, 2.24) is 0 Å². The molecule has 130 valence electrons. The molecule has 0 unspecified atom stereocenters. The van der Waals surface area contributed by atoms with E-state index in [0.29, 0.717) is 0 Å². The third kappa shape index (κ3) is 4.23. The molecule has 0 bridgehead atoms. The lowest BCUT2D eigenvalue weighted by Crippen LogP contribution is -2.16. The molecule has 0 amide bonds. The quantitative estimate of drug-likeness (QED) is 0.593. The van der Waals surface area contributed by atoms with Crippen molar-refractivity contribution in [1.29, 1.82) is 0 Å². The monoisotopic (exact) mass is 342 g/mol. The van der Waals surface area contributed by atoms with Crippen LogP contribution in [0.3, 0.4) is 0 Å². The van der Waals surface area contributed by atoms with Crippen LogP contribution in [0, 0.1) is 0 Å². The summed E-state index contributed by atoms with van der Waals surface area (Å²) >= 11 is 0. The fourth-order valence-electron chi connectivity index (χ4n) is 2.36. The maximum atomic E-state index is 12.0. The Morgan fingerprint density at radius 2 is 1.40 bits per heavy atom. The van der Waals surface area contributed by atoms with Gasteiger partial charge in [-0.2, -0.15) is 0 Å². The number of ketones is 1. The second-order valence-corrected chi connectivity index (χ2v) is 5.21. The summed E-state index contributed by atoms with van der Waals surface area (Å²) < 4.78 is 15.1. The molecule has 25 heavy (non-hydrogen) atoms. The molecule has 2 aromatic carbocycles. The first-order valence-corrected chi connectivity index (χ1v) is 7.50. The first-order valence-electron chi connectivity index (χ1n) is 7.50. The van der Waals surface area contributed by atoms with E-state index < -0.39 is 17.7 Å². The minimum absolute atomic E-state index is 0.0408. The predicted octanol–water partition coefficient (Wildman–Crippen LogP) is 3.04. The van der Waals surface area contributed by atoms with Gasteiger partial charge in [0.1, 0.15) is 12.4 Å². The van der Waals surface area contributed by atoms with Crippen LogP contribution in [0.25, 0.3) is 0 Å². The Morgan fingerprint density at radius 1 is 0.880 bits per heavy atom. The number of methoxy groups -OCH3 is 2. The topological polar surface area (TPSA) is 78.9 Å². The summed E-state index contributed by atoms with van der Waals surface area (Å²) in [5.74, 6) is -1.66. The molecule has 0 saturated carbocycles. The number of esters is 2. The highest BCUT2D eigenvalue weighted by molar-refractivity contribution is 6.12. The second kappa shape index (κ2) is 8.10. The summed E-state index contributed by atoms with van der Waals surface area (Å²) in [7, 11) is 2.39. The number of carbonyl (C=O) groups excluding carboxylic acids is 3. The number of benzene rings is 2. The Bertz CT molecular complexity index is 758. The first-order chi connectivity index (χ1) is 12.0. The molecular formula is C19H18O6. The molecule has 0 fully saturated rings. The Labute approximate surface area is 145 Å². The van der Waals surface area contributed by atoms with Gasteiger partial charge in [-0.05, 0) is 24.6 Å². The van der Waals surface area contributed by atoms with Crippen LogP contribution in [0.2, 0.25) is 0 Å². The SMILES string of the molecule is COC(=O)c1cc(OCc2ccccc2)cc(C(=O)OC)c1C(C)=O. The second-order valence-electron chi connectivity index (χ2n) is 5.21. The molecular weight excluding hydrogens is 324 g/mol. The standard InChI is InChI=1S/C19H18O6/c1-12(20)17-15(18(21)23-2)9-14(10-16(17)19(22)24-3)25-11-13-7-5-4-6-8-13/h4-10H,11H2,1-3H3. The van der Waals surface area contributed by atoms with Crippen molar-refractivity contribution in [3.63, 3.8) is 0 Å². The number of ether oxygens (including phenoxy) is 3. The van der Waals surface area contributed by atoms with Gasteiger partial charge in [-0.1, -0.05) is 30.3 Å². The van der Waals surface area contributed by atoms with Crippen molar-refractivity contribution in [2.75, 3.05) is 14.2 Å². The third-order valence-corrected chi connectivity index (χ3v) is 3.52. The summed E-state index contributed by atoms with van der Waals surface area (Å²) in [6.07, 6.45) is 0. The number of Topliss-reactive ketones (excluding diaryl/α,β-unsaturated/α-hetero) is 1. The van der Waals surface area contributed by atoms with Gasteiger partial charge < -0.3 is 14.2 Å². The van der Waals surface area contributed by atoms with Crippen molar-refractivity contribution >= 4 is 17.7 Å². The van der Waals surface area contributed by atoms with Gasteiger partial charge in [0.25, 0.3) is 0 Å². The average molecular weight is 342 g/mol. The number of carbonyl (C=O) groups is 3. The van der Waals surface area contributed by atoms with Gasteiger partial charge in [0.15, 0.2) is 5.78 Å². The van der Waals surface area contributed by atoms with E-state index in [4.69, 9.17) is 14.2 Å². The van der Waals surface area contributed by atoms with Crippen LogP contribution >= 0.6 is 0 Å². The highest BCUT2D eigenvalue weighted by Crippen LogP contribution is 2.26. The van der Waals surface area contributed by atoms with Gasteiger partial charge in [0, 0.05) is 5.56 Å². The van der Waals surface area contributed by atoms with Gasteiger partial charge in [-0.15, -0.1) is 0 Å². The highest BCUT2D eigenvalue weighted by atomic mass is 16.5. The largest absolute Gasteiger partial charge is 0.489 e. The minimum atomic E-state index is -0.736. The van der Waals surface area contributed by atoms with Crippen molar-refractivity contribution in [3.8, 4) is 5.75 Å². The first kappa shape index (κ1) is 18.2. The smallest absolute Gasteiger partial charge is 0.338 e. The van der Waals surface area contributed by atoms with Gasteiger partial charge in [-0.25, -0.2) is 9.59 Å². The van der Waals surface area contributed by atoms with Crippen LogP contribution in [-0.2, 0) is 16.1 Å². The fraction of sp³-hybridized carbons (Fsp3) is 0.211. The summed E-state index contributed by atoms with van der Waals surface area (Å²) in [6, 6.07) is 12.2. The van der Waals surface area contributed by atoms with E-state index in [0.717, 1.165) is 5.56 Å². The van der Waals surface area contributed by atoms with Crippen LogP contribution in [0.4, 0.5) is 0 Å². The van der Waals surface area contributed by atoms with Gasteiger partial charge in [0.05, 0.1) is 25.3 Å². The van der Waals surface area contributed by atoms with Crippen molar-refractivity contribution in [2.24, 2.45) is 0 Å². The average Bonchev–Trinajstić information content (AvgIpc) is 2.64. The van der Waals surface area contributed by atoms with Crippen molar-refractivity contribution in [2.45, 2.75) is 13.5 Å². The number of hydrogen-bond acceptors (Lipinski definition) is 6. The molecule has 6 nitrogen and oxygen atoms in total. The van der Waals surface area contributed by atoms with E-state index >= 15 is 0 Å².